The van der Waals surface area contributed by atoms with Gasteiger partial charge in [-0.05, 0) is 6.07 Å². The van der Waals surface area contributed by atoms with Gasteiger partial charge in [0.2, 0.25) is 0 Å². The minimum atomic E-state index is -0.825. The molecule has 3 rings (SSSR count). The van der Waals surface area contributed by atoms with Crippen LogP contribution in [-0.2, 0) is 0 Å². The molecule has 17 heavy (non-hydrogen) atoms. The fourth-order valence-corrected chi connectivity index (χ4v) is 2.86. The Balaban J connectivity index is 1.63. The second-order valence-corrected chi connectivity index (χ2v) is 5.23. The summed E-state index contributed by atoms with van der Waals surface area (Å²) in [5.74, 6) is 0. The molecule has 1 N–H and O–H groups in total. The molecule has 2 fully saturated rings. The molecule has 0 aromatic carbocycles. The van der Waals surface area contributed by atoms with E-state index in [0.29, 0.717) is 18.1 Å². The van der Waals surface area contributed by atoms with Gasteiger partial charge < -0.3 is 14.9 Å². The van der Waals surface area contributed by atoms with Crippen molar-refractivity contribution in [1.82, 2.24) is 9.88 Å². The molecule has 1 aromatic heterocycles. The molecule has 0 aliphatic carbocycles. The van der Waals surface area contributed by atoms with Crippen LogP contribution < -0.4 is 4.90 Å². The first kappa shape index (κ1) is 10.7. The third-order valence-electron chi connectivity index (χ3n) is 3.46. The van der Waals surface area contributed by atoms with E-state index in [9.17, 15) is 4.79 Å². The molecular weight excluding hydrogens is 242 g/mol. The molecule has 0 radical (unpaired) electrons. The highest BCUT2D eigenvalue weighted by atomic mass is 35.5. The summed E-state index contributed by atoms with van der Waals surface area (Å²) in [5.41, 5.74) is 1.09. The summed E-state index contributed by atoms with van der Waals surface area (Å²) in [6.45, 7) is 3.00. The molecule has 90 valence electrons. The van der Waals surface area contributed by atoms with E-state index in [0.717, 1.165) is 18.8 Å². The summed E-state index contributed by atoms with van der Waals surface area (Å²) in [4.78, 5) is 18.3. The van der Waals surface area contributed by atoms with Crippen molar-refractivity contribution in [2.24, 2.45) is 5.41 Å². The van der Waals surface area contributed by atoms with Gasteiger partial charge in [0.15, 0.2) is 0 Å². The maximum Gasteiger partial charge on any atom is 0.407 e. The lowest BCUT2D eigenvalue weighted by Crippen LogP contribution is -2.73. The van der Waals surface area contributed by atoms with Crippen LogP contribution in [0.4, 0.5) is 10.5 Å². The van der Waals surface area contributed by atoms with Gasteiger partial charge in [-0.3, -0.25) is 4.98 Å². The van der Waals surface area contributed by atoms with Crippen LogP contribution in [0.1, 0.15) is 0 Å². The van der Waals surface area contributed by atoms with E-state index in [-0.39, 0.29) is 5.41 Å². The zero-order valence-electron chi connectivity index (χ0n) is 9.14. The van der Waals surface area contributed by atoms with E-state index in [4.69, 9.17) is 16.7 Å². The molecule has 0 saturated carbocycles. The smallest absolute Gasteiger partial charge is 0.407 e. The van der Waals surface area contributed by atoms with Gasteiger partial charge in [-0.2, -0.15) is 0 Å². The number of hydrogen-bond donors (Lipinski definition) is 1. The highest BCUT2D eigenvalue weighted by Gasteiger charge is 2.53. The fourth-order valence-electron chi connectivity index (χ4n) is 2.63. The largest absolute Gasteiger partial charge is 0.465 e. The van der Waals surface area contributed by atoms with Crippen LogP contribution in [-0.4, -0.2) is 47.3 Å². The van der Waals surface area contributed by atoms with E-state index in [1.54, 1.807) is 18.5 Å². The molecule has 6 heteroatoms. The van der Waals surface area contributed by atoms with Crippen molar-refractivity contribution in [2.75, 3.05) is 31.1 Å². The number of pyridine rings is 1. The van der Waals surface area contributed by atoms with Crippen LogP contribution in [0, 0.1) is 5.41 Å². The second kappa shape index (κ2) is 3.50. The average molecular weight is 254 g/mol. The number of likely N-dealkylation sites (tertiary alicyclic amines) is 1. The van der Waals surface area contributed by atoms with Gasteiger partial charge in [-0.1, -0.05) is 11.6 Å². The lowest BCUT2D eigenvalue weighted by atomic mass is 9.73. The first-order valence-corrected chi connectivity index (χ1v) is 5.80. The van der Waals surface area contributed by atoms with Gasteiger partial charge in [-0.15, -0.1) is 0 Å². The average Bonchev–Trinajstić information content (AvgIpc) is 2.15. The number of nitrogens with zero attached hydrogens (tertiary/aromatic N) is 3. The van der Waals surface area contributed by atoms with Crippen LogP contribution in [0.3, 0.4) is 0 Å². The highest BCUT2D eigenvalue weighted by molar-refractivity contribution is 6.33. The monoisotopic (exact) mass is 253 g/mol. The predicted octanol–water partition coefficient (Wildman–Crippen LogP) is 1.54. The van der Waals surface area contributed by atoms with E-state index in [1.807, 2.05) is 0 Å². The number of anilines is 1. The Kier molecular flexibility index (Phi) is 2.19. The Bertz CT molecular complexity index is 466. The minimum Gasteiger partial charge on any atom is -0.465 e. The summed E-state index contributed by atoms with van der Waals surface area (Å²) in [6, 6.07) is 1.77. The fraction of sp³-hybridized carbons (Fsp3) is 0.455. The van der Waals surface area contributed by atoms with Crippen LogP contribution in [0.5, 0.6) is 0 Å². The van der Waals surface area contributed by atoms with Crippen LogP contribution in [0.2, 0.25) is 5.02 Å². The maximum absolute atomic E-state index is 10.7. The predicted molar refractivity (Wildman–Crippen MR) is 63.5 cm³/mol. The van der Waals surface area contributed by atoms with Gasteiger partial charge >= 0.3 is 6.09 Å². The second-order valence-electron chi connectivity index (χ2n) is 4.82. The normalized spacial score (nSPS) is 21.0. The quantitative estimate of drug-likeness (QED) is 0.825. The molecule has 1 spiro atoms. The summed E-state index contributed by atoms with van der Waals surface area (Å²) >= 11 is 6.08. The van der Waals surface area contributed by atoms with Gasteiger partial charge in [0.1, 0.15) is 0 Å². The van der Waals surface area contributed by atoms with Crippen molar-refractivity contribution >= 4 is 23.4 Å². The number of halogens is 1. The van der Waals surface area contributed by atoms with Gasteiger partial charge in [0, 0.05) is 37.8 Å². The zero-order chi connectivity index (χ0) is 12.0. The Morgan fingerprint density at radius 2 is 2.12 bits per heavy atom. The van der Waals surface area contributed by atoms with Gasteiger partial charge in [0.25, 0.3) is 0 Å². The molecule has 2 saturated heterocycles. The van der Waals surface area contributed by atoms with Crippen molar-refractivity contribution in [3.8, 4) is 0 Å². The molecule has 2 aliphatic heterocycles. The number of hydrogen-bond acceptors (Lipinski definition) is 3. The number of rotatable bonds is 1. The number of aromatic nitrogens is 1. The molecule has 3 heterocycles. The first-order valence-electron chi connectivity index (χ1n) is 5.42. The zero-order valence-corrected chi connectivity index (χ0v) is 9.89. The number of carboxylic acid groups (broad SMARTS) is 1. The van der Waals surface area contributed by atoms with E-state index in [1.165, 1.54) is 4.90 Å². The molecule has 0 bridgehead atoms. The minimum absolute atomic E-state index is 0.150. The summed E-state index contributed by atoms with van der Waals surface area (Å²) < 4.78 is 0. The Hall–Kier alpha value is -1.49. The van der Waals surface area contributed by atoms with Crippen molar-refractivity contribution in [2.45, 2.75) is 0 Å². The Morgan fingerprint density at radius 1 is 1.41 bits per heavy atom. The molecule has 1 aromatic rings. The standard InChI is InChI=1S/C11H12ClN3O2/c12-8-1-2-13-3-9(8)14-4-11(5-14)6-15(7-11)10(16)17/h1-3H,4-7H2,(H,16,17). The van der Waals surface area contributed by atoms with Crippen LogP contribution in [0.25, 0.3) is 0 Å². The third kappa shape index (κ3) is 1.61. The molecule has 2 aliphatic rings. The van der Waals surface area contributed by atoms with Crippen molar-refractivity contribution in [1.29, 1.82) is 0 Å². The summed E-state index contributed by atoms with van der Waals surface area (Å²) in [6.07, 6.45) is 2.59. The Morgan fingerprint density at radius 3 is 2.71 bits per heavy atom. The van der Waals surface area contributed by atoms with Crippen molar-refractivity contribution in [3.05, 3.63) is 23.5 Å². The Labute approximate surface area is 104 Å². The van der Waals surface area contributed by atoms with Gasteiger partial charge in [0.05, 0.1) is 16.9 Å². The van der Waals surface area contributed by atoms with Crippen LogP contribution >= 0.6 is 11.6 Å². The summed E-state index contributed by atoms with van der Waals surface area (Å²) in [7, 11) is 0. The topological polar surface area (TPSA) is 56.7 Å². The van der Waals surface area contributed by atoms with E-state index in [2.05, 4.69) is 9.88 Å². The maximum atomic E-state index is 10.7. The van der Waals surface area contributed by atoms with Crippen molar-refractivity contribution < 1.29 is 9.90 Å². The number of amides is 1. The third-order valence-corrected chi connectivity index (χ3v) is 3.78. The lowest BCUT2D eigenvalue weighted by Gasteiger charge is -2.60. The number of carbonyl (C=O) groups is 1. The van der Waals surface area contributed by atoms with Crippen molar-refractivity contribution in [3.63, 3.8) is 0 Å². The molecular formula is C11H12ClN3O2. The highest BCUT2D eigenvalue weighted by Crippen LogP contribution is 2.43. The summed E-state index contributed by atoms with van der Waals surface area (Å²) in [5, 5.41) is 9.49. The van der Waals surface area contributed by atoms with E-state index >= 15 is 0 Å². The van der Waals surface area contributed by atoms with Crippen LogP contribution in [0.15, 0.2) is 18.5 Å². The first-order chi connectivity index (χ1) is 8.10. The SMILES string of the molecule is O=C(O)N1CC2(C1)CN(c1cnccc1Cl)C2. The molecule has 5 nitrogen and oxygen atoms in total. The molecule has 1 amide bonds. The van der Waals surface area contributed by atoms with Gasteiger partial charge in [-0.25, -0.2) is 4.79 Å². The molecule has 0 atom stereocenters. The lowest BCUT2D eigenvalue weighted by molar-refractivity contribution is -0.00943. The van der Waals surface area contributed by atoms with E-state index < -0.39 is 6.09 Å². The molecule has 0 unspecified atom stereocenters.